The Bertz CT molecular complexity index is 290. The number of nitrogens with zero attached hydrogens (tertiary/aromatic N) is 1. The standard InChI is InChI=1S/C12H21NO3/c1-4-10-6-5-7-12(8-10,11(15)16)13(3)9(2)14/h10H,4-8H2,1-3H3,(H,15,16). The monoisotopic (exact) mass is 227 g/mol. The van der Waals surface area contributed by atoms with Crippen LogP contribution in [0.5, 0.6) is 0 Å². The summed E-state index contributed by atoms with van der Waals surface area (Å²) >= 11 is 0. The van der Waals surface area contributed by atoms with Crippen LogP contribution in [0.2, 0.25) is 0 Å². The Hall–Kier alpha value is -1.06. The molecular weight excluding hydrogens is 206 g/mol. The van der Waals surface area contributed by atoms with Gasteiger partial charge in [0.05, 0.1) is 0 Å². The predicted molar refractivity (Wildman–Crippen MR) is 61.1 cm³/mol. The van der Waals surface area contributed by atoms with E-state index in [4.69, 9.17) is 0 Å². The maximum absolute atomic E-state index is 11.5. The summed E-state index contributed by atoms with van der Waals surface area (Å²) in [6, 6.07) is 0. The second-order valence-corrected chi connectivity index (χ2v) is 4.79. The minimum atomic E-state index is -0.968. The highest BCUT2D eigenvalue weighted by Gasteiger charge is 2.46. The second-order valence-electron chi connectivity index (χ2n) is 4.79. The van der Waals surface area contributed by atoms with Crippen molar-refractivity contribution < 1.29 is 14.7 Å². The van der Waals surface area contributed by atoms with Gasteiger partial charge in [-0.25, -0.2) is 4.79 Å². The van der Waals surface area contributed by atoms with Gasteiger partial charge in [0, 0.05) is 14.0 Å². The third kappa shape index (κ3) is 2.20. The normalized spacial score (nSPS) is 29.8. The van der Waals surface area contributed by atoms with Crippen molar-refractivity contribution in [3.8, 4) is 0 Å². The summed E-state index contributed by atoms with van der Waals surface area (Å²) in [6.45, 7) is 3.51. The number of carbonyl (C=O) groups is 2. The second kappa shape index (κ2) is 4.85. The van der Waals surface area contributed by atoms with Crippen LogP contribution in [0.1, 0.15) is 46.0 Å². The minimum Gasteiger partial charge on any atom is -0.479 e. The van der Waals surface area contributed by atoms with Crippen molar-refractivity contribution in [2.45, 2.75) is 51.5 Å². The number of hydrogen-bond acceptors (Lipinski definition) is 2. The van der Waals surface area contributed by atoms with Gasteiger partial charge < -0.3 is 10.0 Å². The molecule has 0 aliphatic heterocycles. The van der Waals surface area contributed by atoms with Crippen LogP contribution in [-0.2, 0) is 9.59 Å². The van der Waals surface area contributed by atoms with E-state index in [-0.39, 0.29) is 5.91 Å². The lowest BCUT2D eigenvalue weighted by Crippen LogP contribution is -2.57. The van der Waals surface area contributed by atoms with Crippen LogP contribution in [0.3, 0.4) is 0 Å². The first-order chi connectivity index (χ1) is 7.44. The molecule has 16 heavy (non-hydrogen) atoms. The Balaban J connectivity index is 2.96. The van der Waals surface area contributed by atoms with Gasteiger partial charge in [-0.15, -0.1) is 0 Å². The van der Waals surface area contributed by atoms with E-state index in [0.717, 1.165) is 19.3 Å². The van der Waals surface area contributed by atoms with Crippen molar-refractivity contribution >= 4 is 11.9 Å². The molecule has 1 amide bonds. The quantitative estimate of drug-likeness (QED) is 0.801. The zero-order chi connectivity index (χ0) is 12.3. The van der Waals surface area contributed by atoms with Gasteiger partial charge in [0.1, 0.15) is 5.54 Å². The number of amides is 1. The Labute approximate surface area is 96.6 Å². The Morgan fingerprint density at radius 2 is 2.12 bits per heavy atom. The lowest BCUT2D eigenvalue weighted by Gasteiger charge is -2.43. The number of hydrogen-bond donors (Lipinski definition) is 1. The van der Waals surface area contributed by atoms with E-state index in [1.54, 1.807) is 7.05 Å². The number of likely N-dealkylation sites (N-methyl/N-ethyl adjacent to an activating group) is 1. The third-order valence-electron chi connectivity index (χ3n) is 3.92. The molecule has 1 aliphatic carbocycles. The average Bonchev–Trinajstić information content (AvgIpc) is 2.27. The highest BCUT2D eigenvalue weighted by Crippen LogP contribution is 2.38. The molecule has 0 spiro atoms. The van der Waals surface area contributed by atoms with Gasteiger partial charge in [0.25, 0.3) is 0 Å². The highest BCUT2D eigenvalue weighted by molar-refractivity contribution is 5.86. The van der Waals surface area contributed by atoms with E-state index in [2.05, 4.69) is 6.92 Å². The van der Waals surface area contributed by atoms with Gasteiger partial charge in [-0.1, -0.05) is 26.2 Å². The number of carboxylic acids is 1. The lowest BCUT2D eigenvalue weighted by molar-refractivity contribution is -0.160. The molecule has 1 fully saturated rings. The summed E-state index contributed by atoms with van der Waals surface area (Å²) in [4.78, 5) is 24.3. The van der Waals surface area contributed by atoms with Crippen LogP contribution in [0.15, 0.2) is 0 Å². The third-order valence-corrected chi connectivity index (χ3v) is 3.92. The van der Waals surface area contributed by atoms with Crippen molar-refractivity contribution in [1.29, 1.82) is 0 Å². The molecule has 2 unspecified atom stereocenters. The molecular formula is C12H21NO3. The molecule has 1 saturated carbocycles. The zero-order valence-electron chi connectivity index (χ0n) is 10.3. The molecule has 0 saturated heterocycles. The Morgan fingerprint density at radius 1 is 1.50 bits per heavy atom. The first-order valence-electron chi connectivity index (χ1n) is 5.92. The fourth-order valence-electron chi connectivity index (χ4n) is 2.66. The summed E-state index contributed by atoms with van der Waals surface area (Å²) in [5.41, 5.74) is -0.968. The van der Waals surface area contributed by atoms with Gasteiger partial charge in [0.2, 0.25) is 5.91 Å². The summed E-state index contributed by atoms with van der Waals surface area (Å²) in [5, 5.41) is 9.43. The molecule has 1 rings (SSSR count). The number of carbonyl (C=O) groups excluding carboxylic acids is 1. The largest absolute Gasteiger partial charge is 0.479 e. The maximum Gasteiger partial charge on any atom is 0.329 e. The Morgan fingerprint density at radius 3 is 2.56 bits per heavy atom. The molecule has 0 aromatic carbocycles. The molecule has 2 atom stereocenters. The van der Waals surface area contributed by atoms with Crippen molar-refractivity contribution in [2.24, 2.45) is 5.92 Å². The summed E-state index contributed by atoms with van der Waals surface area (Å²) < 4.78 is 0. The molecule has 0 bridgehead atoms. The van der Waals surface area contributed by atoms with E-state index < -0.39 is 11.5 Å². The molecule has 0 aromatic rings. The van der Waals surface area contributed by atoms with Gasteiger partial charge in [-0.3, -0.25) is 4.79 Å². The smallest absolute Gasteiger partial charge is 0.329 e. The van der Waals surface area contributed by atoms with Crippen molar-refractivity contribution in [2.75, 3.05) is 7.05 Å². The molecule has 1 N–H and O–H groups in total. The van der Waals surface area contributed by atoms with Crippen LogP contribution in [0.4, 0.5) is 0 Å². The van der Waals surface area contributed by atoms with Crippen molar-refractivity contribution in [3.05, 3.63) is 0 Å². The van der Waals surface area contributed by atoms with E-state index in [1.807, 2.05) is 0 Å². The van der Waals surface area contributed by atoms with Crippen LogP contribution in [0, 0.1) is 5.92 Å². The molecule has 92 valence electrons. The zero-order valence-corrected chi connectivity index (χ0v) is 10.3. The summed E-state index contributed by atoms with van der Waals surface area (Å²) in [5.74, 6) is -0.603. The van der Waals surface area contributed by atoms with E-state index in [1.165, 1.54) is 11.8 Å². The number of aliphatic carboxylic acids is 1. The lowest BCUT2D eigenvalue weighted by atomic mass is 9.74. The summed E-state index contributed by atoms with van der Waals surface area (Å²) in [6.07, 6.45) is 4.13. The fourth-order valence-corrected chi connectivity index (χ4v) is 2.66. The highest BCUT2D eigenvalue weighted by atomic mass is 16.4. The molecule has 4 nitrogen and oxygen atoms in total. The topological polar surface area (TPSA) is 57.6 Å². The molecule has 0 heterocycles. The molecule has 0 aromatic heterocycles. The van der Waals surface area contributed by atoms with E-state index >= 15 is 0 Å². The van der Waals surface area contributed by atoms with Gasteiger partial charge in [-0.05, 0) is 18.8 Å². The number of carboxylic acid groups (broad SMARTS) is 1. The minimum absolute atomic E-state index is 0.167. The van der Waals surface area contributed by atoms with E-state index in [9.17, 15) is 14.7 Å². The van der Waals surface area contributed by atoms with Crippen LogP contribution in [-0.4, -0.2) is 34.5 Å². The van der Waals surface area contributed by atoms with Crippen molar-refractivity contribution in [1.82, 2.24) is 4.90 Å². The van der Waals surface area contributed by atoms with Crippen molar-refractivity contribution in [3.63, 3.8) is 0 Å². The Kier molecular flexibility index (Phi) is 3.94. The van der Waals surface area contributed by atoms with E-state index in [0.29, 0.717) is 18.8 Å². The fraction of sp³-hybridized carbons (Fsp3) is 0.833. The molecule has 0 radical (unpaired) electrons. The SMILES string of the molecule is CCC1CCCC(C(=O)O)(N(C)C(C)=O)C1. The van der Waals surface area contributed by atoms with Gasteiger partial charge in [-0.2, -0.15) is 0 Å². The summed E-state index contributed by atoms with van der Waals surface area (Å²) in [7, 11) is 1.61. The van der Waals surface area contributed by atoms with Crippen LogP contribution in [0.25, 0.3) is 0 Å². The predicted octanol–water partition coefficient (Wildman–Crippen LogP) is 1.89. The average molecular weight is 227 g/mol. The first-order valence-corrected chi connectivity index (χ1v) is 5.92. The molecule has 4 heteroatoms. The maximum atomic E-state index is 11.5. The van der Waals surface area contributed by atoms with Gasteiger partial charge >= 0.3 is 5.97 Å². The van der Waals surface area contributed by atoms with Crippen LogP contribution >= 0.6 is 0 Å². The van der Waals surface area contributed by atoms with Crippen LogP contribution < -0.4 is 0 Å². The first kappa shape index (κ1) is 13.0. The number of rotatable bonds is 3. The molecule has 1 aliphatic rings. The van der Waals surface area contributed by atoms with Gasteiger partial charge in [0.15, 0.2) is 0 Å².